The molecular formula is C21H28. The van der Waals surface area contributed by atoms with Crippen LogP contribution in [0.2, 0.25) is 0 Å². The fourth-order valence-corrected chi connectivity index (χ4v) is 2.46. The van der Waals surface area contributed by atoms with E-state index in [1.807, 2.05) is 13.8 Å². The van der Waals surface area contributed by atoms with Crippen LogP contribution in [0.25, 0.3) is 16.3 Å². The van der Waals surface area contributed by atoms with Crippen molar-refractivity contribution in [2.45, 2.75) is 48.0 Å². The molecule has 2 rings (SSSR count). The van der Waals surface area contributed by atoms with E-state index in [4.69, 9.17) is 0 Å². The Kier molecular flexibility index (Phi) is 6.94. The van der Waals surface area contributed by atoms with Gasteiger partial charge in [0, 0.05) is 0 Å². The molecule has 21 heavy (non-hydrogen) atoms. The highest BCUT2D eigenvalue weighted by molar-refractivity contribution is 5.90. The molecule has 0 radical (unpaired) electrons. The van der Waals surface area contributed by atoms with Crippen LogP contribution in [-0.4, -0.2) is 0 Å². The predicted molar refractivity (Wildman–Crippen MR) is 97.7 cm³/mol. The monoisotopic (exact) mass is 280 g/mol. The number of rotatable bonds is 3. The molecule has 0 amide bonds. The smallest absolute Gasteiger partial charge is 0.0149 e. The van der Waals surface area contributed by atoms with Crippen LogP contribution >= 0.6 is 0 Å². The summed E-state index contributed by atoms with van der Waals surface area (Å²) in [6.07, 6.45) is 5.45. The second-order valence-corrected chi connectivity index (χ2v) is 5.06. The second kappa shape index (κ2) is 8.46. The summed E-state index contributed by atoms with van der Waals surface area (Å²) >= 11 is 0. The third kappa shape index (κ3) is 4.07. The van der Waals surface area contributed by atoms with Crippen LogP contribution in [0.15, 0.2) is 54.1 Å². The van der Waals surface area contributed by atoms with Crippen molar-refractivity contribution in [3.05, 3.63) is 65.3 Å². The van der Waals surface area contributed by atoms with Crippen LogP contribution < -0.4 is 0 Å². The van der Waals surface area contributed by atoms with Crippen LogP contribution in [0.5, 0.6) is 0 Å². The molecule has 0 saturated heterocycles. The van der Waals surface area contributed by atoms with E-state index in [9.17, 15) is 0 Å². The Hall–Kier alpha value is -1.82. The van der Waals surface area contributed by atoms with Crippen molar-refractivity contribution in [3.8, 4) is 0 Å². The number of hydrogen-bond acceptors (Lipinski definition) is 0. The number of benzene rings is 2. The number of allylic oxidation sites excluding steroid dienone is 4. The highest BCUT2D eigenvalue weighted by atomic mass is 14.1. The summed E-state index contributed by atoms with van der Waals surface area (Å²) in [5.74, 6) is 0. The molecule has 0 atom stereocenters. The van der Waals surface area contributed by atoms with E-state index in [-0.39, 0.29) is 0 Å². The minimum absolute atomic E-state index is 1.09. The molecule has 0 aromatic heterocycles. The van der Waals surface area contributed by atoms with E-state index in [1.54, 1.807) is 0 Å². The van der Waals surface area contributed by atoms with Crippen LogP contribution in [0.3, 0.4) is 0 Å². The van der Waals surface area contributed by atoms with Crippen molar-refractivity contribution in [1.82, 2.24) is 0 Å². The summed E-state index contributed by atoms with van der Waals surface area (Å²) in [7, 11) is 0. The lowest BCUT2D eigenvalue weighted by molar-refractivity contribution is 1.10. The van der Waals surface area contributed by atoms with Gasteiger partial charge < -0.3 is 0 Å². The average Bonchev–Trinajstić information content (AvgIpc) is 2.53. The molecule has 0 fully saturated rings. The van der Waals surface area contributed by atoms with Gasteiger partial charge in [0.05, 0.1) is 0 Å². The maximum Gasteiger partial charge on any atom is -0.0149 e. The molecule has 0 bridgehead atoms. The van der Waals surface area contributed by atoms with Gasteiger partial charge >= 0.3 is 0 Å². The first-order chi connectivity index (χ1) is 10.2. The van der Waals surface area contributed by atoms with Crippen molar-refractivity contribution < 1.29 is 0 Å². The molecular weight excluding hydrogens is 252 g/mol. The molecule has 0 aliphatic carbocycles. The fraction of sp³-hybridized carbons (Fsp3) is 0.333. The van der Waals surface area contributed by atoms with Gasteiger partial charge in [0.25, 0.3) is 0 Å². The van der Waals surface area contributed by atoms with Gasteiger partial charge in [-0.05, 0) is 60.7 Å². The van der Waals surface area contributed by atoms with E-state index >= 15 is 0 Å². The third-order valence-electron chi connectivity index (χ3n) is 3.71. The standard InChI is InChI=1S/C19H22.C2H6/c1-5-9-18(14(3)6-2)19-13-17-11-8-7-10-16(17)12-15(19)4;1-2/h5,7-13H,6H2,1-4H3;1-2H3/b9-5-,18-14+;. The summed E-state index contributed by atoms with van der Waals surface area (Å²) in [5, 5.41) is 2.63. The molecule has 0 saturated carbocycles. The lowest BCUT2D eigenvalue weighted by Gasteiger charge is -2.12. The van der Waals surface area contributed by atoms with Gasteiger partial charge in [-0.15, -0.1) is 0 Å². The topological polar surface area (TPSA) is 0 Å². The molecule has 2 aromatic rings. The first kappa shape index (κ1) is 17.2. The van der Waals surface area contributed by atoms with Crippen molar-refractivity contribution in [3.63, 3.8) is 0 Å². The maximum atomic E-state index is 2.32. The van der Waals surface area contributed by atoms with Crippen LogP contribution in [-0.2, 0) is 0 Å². The van der Waals surface area contributed by atoms with E-state index < -0.39 is 0 Å². The number of hydrogen-bond donors (Lipinski definition) is 0. The summed E-state index contributed by atoms with van der Waals surface area (Å²) in [4.78, 5) is 0. The van der Waals surface area contributed by atoms with Gasteiger partial charge in [-0.3, -0.25) is 0 Å². The minimum Gasteiger partial charge on any atom is -0.0870 e. The van der Waals surface area contributed by atoms with Gasteiger partial charge in [-0.25, -0.2) is 0 Å². The molecule has 2 aromatic carbocycles. The highest BCUT2D eigenvalue weighted by Crippen LogP contribution is 2.29. The van der Waals surface area contributed by atoms with Gasteiger partial charge in [0.1, 0.15) is 0 Å². The molecule has 0 heteroatoms. The quantitative estimate of drug-likeness (QED) is 0.534. The Morgan fingerprint density at radius 2 is 1.62 bits per heavy atom. The third-order valence-corrected chi connectivity index (χ3v) is 3.71. The summed E-state index contributed by atoms with van der Waals surface area (Å²) < 4.78 is 0. The normalized spacial score (nSPS) is 12.1. The van der Waals surface area contributed by atoms with Crippen LogP contribution in [0, 0.1) is 6.92 Å². The average molecular weight is 280 g/mol. The highest BCUT2D eigenvalue weighted by Gasteiger charge is 2.07. The van der Waals surface area contributed by atoms with Crippen LogP contribution in [0.4, 0.5) is 0 Å². The fourth-order valence-electron chi connectivity index (χ4n) is 2.46. The zero-order valence-corrected chi connectivity index (χ0v) is 14.3. The predicted octanol–water partition coefficient (Wildman–Crippen LogP) is 6.93. The minimum atomic E-state index is 1.09. The first-order valence-electron chi connectivity index (χ1n) is 7.99. The van der Waals surface area contributed by atoms with Crippen molar-refractivity contribution in [1.29, 1.82) is 0 Å². The Morgan fingerprint density at radius 1 is 1.05 bits per heavy atom. The molecule has 112 valence electrons. The molecule has 0 unspecified atom stereocenters. The van der Waals surface area contributed by atoms with Crippen molar-refractivity contribution in [2.24, 2.45) is 0 Å². The van der Waals surface area contributed by atoms with Crippen molar-refractivity contribution in [2.75, 3.05) is 0 Å². The molecule has 0 aliphatic heterocycles. The largest absolute Gasteiger partial charge is 0.0870 e. The molecule has 0 nitrogen and oxygen atoms in total. The lowest BCUT2D eigenvalue weighted by Crippen LogP contribution is -1.91. The van der Waals surface area contributed by atoms with E-state index in [1.165, 1.54) is 33.0 Å². The summed E-state index contributed by atoms with van der Waals surface area (Å²) in [6.45, 7) is 12.7. The van der Waals surface area contributed by atoms with Gasteiger partial charge in [0.15, 0.2) is 0 Å². The Morgan fingerprint density at radius 3 is 2.14 bits per heavy atom. The molecule has 0 aliphatic rings. The second-order valence-electron chi connectivity index (χ2n) is 5.06. The molecule has 0 spiro atoms. The Labute approximate surface area is 130 Å². The summed E-state index contributed by atoms with van der Waals surface area (Å²) in [6, 6.07) is 13.2. The Bertz CT molecular complexity index is 642. The first-order valence-corrected chi connectivity index (χ1v) is 7.99. The lowest BCUT2D eigenvalue weighted by atomic mass is 9.92. The van der Waals surface area contributed by atoms with Gasteiger partial charge in [-0.1, -0.05) is 68.8 Å². The van der Waals surface area contributed by atoms with E-state index in [2.05, 4.69) is 76.2 Å². The van der Waals surface area contributed by atoms with E-state index in [0.717, 1.165) is 6.42 Å². The molecule has 0 N–H and O–H groups in total. The maximum absolute atomic E-state index is 2.32. The van der Waals surface area contributed by atoms with Gasteiger partial charge in [0.2, 0.25) is 0 Å². The Balaban J connectivity index is 0.00000106. The van der Waals surface area contributed by atoms with E-state index in [0.29, 0.717) is 0 Å². The van der Waals surface area contributed by atoms with Crippen molar-refractivity contribution >= 4 is 16.3 Å². The number of fused-ring (bicyclic) bond motifs is 1. The SMILES string of the molecule is C/C=C\C(=C(\C)CC)c1cc2ccccc2cc1C.CC. The zero-order chi connectivity index (χ0) is 15.8. The number of aryl methyl sites for hydroxylation is 1. The molecule has 0 heterocycles. The van der Waals surface area contributed by atoms with Crippen LogP contribution in [0.1, 0.15) is 52.2 Å². The zero-order valence-electron chi connectivity index (χ0n) is 14.3. The van der Waals surface area contributed by atoms with Gasteiger partial charge in [-0.2, -0.15) is 0 Å². The summed E-state index contributed by atoms with van der Waals surface area (Å²) in [5.41, 5.74) is 5.51.